The van der Waals surface area contributed by atoms with Crippen molar-refractivity contribution >= 4 is 52.5 Å². The van der Waals surface area contributed by atoms with Crippen molar-refractivity contribution in [1.29, 1.82) is 0 Å². The summed E-state index contributed by atoms with van der Waals surface area (Å²) < 4.78 is 10.2. The molecule has 1 fully saturated rings. The van der Waals surface area contributed by atoms with Crippen molar-refractivity contribution in [1.82, 2.24) is 4.90 Å². The molecular formula is C19H14ClNO7S. The Balaban J connectivity index is 1.89. The largest absolute Gasteiger partial charge is 0.478 e. The first-order chi connectivity index (χ1) is 13.7. The minimum absolute atomic E-state index is 0.0419. The van der Waals surface area contributed by atoms with E-state index in [1.807, 2.05) is 0 Å². The van der Waals surface area contributed by atoms with Gasteiger partial charge in [0, 0.05) is 11.6 Å². The Labute approximate surface area is 174 Å². The van der Waals surface area contributed by atoms with E-state index in [4.69, 9.17) is 21.1 Å². The Kier molecular flexibility index (Phi) is 5.81. The standard InChI is InChI=1S/C19H14ClNO7S/c1-9(18(25)27-2)21-16(22)15(29-19(21)26)8-11-4-6-14(28-11)12-7-10(17(23)24)3-5-13(12)20/h3-9H,1-2H3,(H,23,24)/b15-8+/t9-/m0/s1. The van der Waals surface area contributed by atoms with E-state index in [2.05, 4.69) is 4.74 Å². The topological polar surface area (TPSA) is 114 Å². The van der Waals surface area contributed by atoms with Crippen molar-refractivity contribution in [3.8, 4) is 11.3 Å². The number of carboxylic acids is 1. The van der Waals surface area contributed by atoms with E-state index >= 15 is 0 Å². The Morgan fingerprint density at radius 3 is 2.66 bits per heavy atom. The van der Waals surface area contributed by atoms with Gasteiger partial charge in [-0.3, -0.25) is 14.5 Å². The molecule has 8 nitrogen and oxygen atoms in total. The van der Waals surface area contributed by atoms with E-state index in [-0.39, 0.29) is 16.2 Å². The van der Waals surface area contributed by atoms with E-state index in [0.717, 1.165) is 4.90 Å². The minimum atomic E-state index is -1.11. The zero-order chi connectivity index (χ0) is 21.3. The van der Waals surface area contributed by atoms with Crippen LogP contribution in [0.3, 0.4) is 0 Å². The molecule has 1 aromatic heterocycles. The molecule has 3 rings (SSSR count). The lowest BCUT2D eigenvalue weighted by Crippen LogP contribution is -2.42. The monoisotopic (exact) mass is 435 g/mol. The molecule has 150 valence electrons. The third-order valence-electron chi connectivity index (χ3n) is 4.13. The number of ether oxygens (including phenoxy) is 1. The predicted molar refractivity (Wildman–Crippen MR) is 105 cm³/mol. The van der Waals surface area contributed by atoms with E-state index in [9.17, 15) is 19.2 Å². The van der Waals surface area contributed by atoms with Crippen LogP contribution in [0.1, 0.15) is 23.0 Å². The van der Waals surface area contributed by atoms with E-state index in [0.29, 0.717) is 28.1 Å². The molecule has 1 atom stereocenters. The molecular weight excluding hydrogens is 422 g/mol. The van der Waals surface area contributed by atoms with Crippen LogP contribution in [0, 0.1) is 0 Å². The molecule has 1 aliphatic heterocycles. The summed E-state index contributed by atoms with van der Waals surface area (Å²) in [7, 11) is 1.17. The number of furan rings is 1. The van der Waals surface area contributed by atoms with Gasteiger partial charge in [-0.25, -0.2) is 9.59 Å². The summed E-state index contributed by atoms with van der Waals surface area (Å²) in [5, 5.41) is 8.83. The molecule has 10 heteroatoms. The Morgan fingerprint density at radius 1 is 1.28 bits per heavy atom. The second-order valence-electron chi connectivity index (χ2n) is 5.95. The third kappa shape index (κ3) is 4.06. The molecule has 2 heterocycles. The van der Waals surface area contributed by atoms with Gasteiger partial charge in [0.15, 0.2) is 0 Å². The summed E-state index contributed by atoms with van der Waals surface area (Å²) >= 11 is 6.81. The zero-order valence-corrected chi connectivity index (χ0v) is 16.7. The summed E-state index contributed by atoms with van der Waals surface area (Å²) in [5.74, 6) is -1.90. The number of hydrogen-bond acceptors (Lipinski definition) is 7. The molecule has 0 aliphatic carbocycles. The molecule has 0 bridgehead atoms. The first kappa shape index (κ1) is 20.7. The highest BCUT2D eigenvalue weighted by Crippen LogP contribution is 2.35. The fourth-order valence-electron chi connectivity index (χ4n) is 2.64. The van der Waals surface area contributed by atoms with Crippen molar-refractivity contribution in [2.75, 3.05) is 7.11 Å². The fraction of sp³-hybridized carbons (Fsp3) is 0.158. The number of esters is 1. The molecule has 1 aromatic carbocycles. The SMILES string of the molecule is COC(=O)[C@H](C)N1C(=O)S/C(=C/c2ccc(-c3cc(C(=O)O)ccc3Cl)o2)C1=O. The number of benzene rings is 1. The van der Waals surface area contributed by atoms with E-state index < -0.39 is 29.1 Å². The molecule has 2 amide bonds. The molecule has 29 heavy (non-hydrogen) atoms. The maximum Gasteiger partial charge on any atom is 0.335 e. The van der Waals surface area contributed by atoms with E-state index in [1.165, 1.54) is 38.3 Å². The molecule has 0 unspecified atom stereocenters. The summed E-state index contributed by atoms with van der Waals surface area (Å²) in [6, 6.07) is 6.26. The number of aromatic carboxylic acids is 1. The van der Waals surface area contributed by atoms with Crippen LogP contribution in [-0.2, 0) is 14.3 Å². The average Bonchev–Trinajstić information content (AvgIpc) is 3.25. The highest BCUT2D eigenvalue weighted by molar-refractivity contribution is 8.18. The van der Waals surface area contributed by atoms with Gasteiger partial charge >= 0.3 is 11.9 Å². The van der Waals surface area contributed by atoms with Crippen molar-refractivity contribution < 1.29 is 33.4 Å². The van der Waals surface area contributed by atoms with E-state index in [1.54, 1.807) is 12.1 Å². The number of rotatable bonds is 5. The van der Waals surface area contributed by atoms with Crippen LogP contribution in [0.4, 0.5) is 4.79 Å². The van der Waals surface area contributed by atoms with Crippen molar-refractivity contribution in [3.05, 3.63) is 51.6 Å². The summed E-state index contributed by atoms with van der Waals surface area (Å²) in [6.07, 6.45) is 1.37. The van der Waals surface area contributed by atoms with Gasteiger partial charge in [-0.1, -0.05) is 11.6 Å². The van der Waals surface area contributed by atoms with Crippen molar-refractivity contribution in [2.45, 2.75) is 13.0 Å². The van der Waals surface area contributed by atoms with Crippen LogP contribution in [-0.4, -0.2) is 46.2 Å². The number of carbonyl (C=O) groups is 4. The lowest BCUT2D eigenvalue weighted by atomic mass is 10.1. The molecule has 0 radical (unpaired) electrons. The predicted octanol–water partition coefficient (Wildman–Crippen LogP) is 3.90. The van der Waals surface area contributed by atoms with Crippen LogP contribution in [0.2, 0.25) is 5.02 Å². The summed E-state index contributed by atoms with van der Waals surface area (Å²) in [4.78, 5) is 48.4. The Bertz CT molecular complexity index is 1060. The van der Waals surface area contributed by atoms with Gasteiger partial charge in [0.1, 0.15) is 17.6 Å². The van der Waals surface area contributed by atoms with Crippen LogP contribution < -0.4 is 0 Å². The molecule has 2 aromatic rings. The van der Waals surface area contributed by atoms with Gasteiger partial charge in [0.25, 0.3) is 11.1 Å². The van der Waals surface area contributed by atoms with Gasteiger partial charge < -0.3 is 14.3 Å². The normalized spacial score (nSPS) is 16.4. The highest BCUT2D eigenvalue weighted by Gasteiger charge is 2.41. The Hall–Kier alpha value is -3.04. The maximum absolute atomic E-state index is 12.5. The van der Waals surface area contributed by atoms with Gasteiger partial charge in [-0.15, -0.1) is 0 Å². The lowest BCUT2D eigenvalue weighted by Gasteiger charge is -2.18. The quantitative estimate of drug-likeness (QED) is 0.555. The third-order valence-corrected chi connectivity index (χ3v) is 5.35. The van der Waals surface area contributed by atoms with Crippen LogP contribution in [0.25, 0.3) is 17.4 Å². The molecule has 0 spiro atoms. The average molecular weight is 436 g/mol. The molecule has 1 saturated heterocycles. The number of carbonyl (C=O) groups excluding carboxylic acids is 3. The van der Waals surface area contributed by atoms with Gasteiger partial charge in [-0.05, 0) is 49.0 Å². The maximum atomic E-state index is 12.5. The van der Waals surface area contributed by atoms with Gasteiger partial charge in [0.2, 0.25) is 0 Å². The number of imide groups is 1. The first-order valence-corrected chi connectivity index (χ1v) is 9.40. The smallest absolute Gasteiger partial charge is 0.335 e. The van der Waals surface area contributed by atoms with Crippen molar-refractivity contribution in [3.63, 3.8) is 0 Å². The van der Waals surface area contributed by atoms with Crippen molar-refractivity contribution in [2.24, 2.45) is 0 Å². The van der Waals surface area contributed by atoms with Crippen LogP contribution >= 0.6 is 23.4 Å². The highest BCUT2D eigenvalue weighted by atomic mass is 35.5. The molecule has 1 aliphatic rings. The minimum Gasteiger partial charge on any atom is -0.478 e. The number of nitrogens with zero attached hydrogens (tertiary/aromatic N) is 1. The number of thioether (sulfide) groups is 1. The summed E-state index contributed by atoms with van der Waals surface area (Å²) in [5.41, 5.74) is 0.416. The number of amides is 2. The van der Waals surface area contributed by atoms with Gasteiger partial charge in [-0.2, -0.15) is 0 Å². The number of carboxylic acid groups (broad SMARTS) is 1. The number of hydrogen-bond donors (Lipinski definition) is 1. The number of methoxy groups -OCH3 is 1. The Morgan fingerprint density at radius 2 is 2.00 bits per heavy atom. The van der Waals surface area contributed by atoms with Crippen LogP contribution in [0.15, 0.2) is 39.7 Å². The zero-order valence-electron chi connectivity index (χ0n) is 15.2. The van der Waals surface area contributed by atoms with Gasteiger partial charge in [0.05, 0.1) is 22.6 Å². The first-order valence-electron chi connectivity index (χ1n) is 8.21. The second kappa shape index (κ2) is 8.14. The fourth-order valence-corrected chi connectivity index (χ4v) is 3.74. The molecule has 0 saturated carbocycles. The number of halogens is 1. The lowest BCUT2D eigenvalue weighted by molar-refractivity contribution is -0.148. The van der Waals surface area contributed by atoms with Crippen LogP contribution in [0.5, 0.6) is 0 Å². The molecule has 1 N–H and O–H groups in total. The second-order valence-corrected chi connectivity index (χ2v) is 7.35. The summed E-state index contributed by atoms with van der Waals surface area (Å²) in [6.45, 7) is 1.40.